The second-order valence-corrected chi connectivity index (χ2v) is 6.22. The van der Waals surface area contributed by atoms with Gasteiger partial charge in [-0.05, 0) is 47.8 Å². The predicted molar refractivity (Wildman–Crippen MR) is 97.3 cm³/mol. The minimum absolute atomic E-state index is 0.183. The number of aromatic carboxylic acids is 1. The number of fused-ring (bicyclic) bond motifs is 2. The van der Waals surface area contributed by atoms with Crippen molar-refractivity contribution in [2.45, 2.75) is 12.8 Å². The van der Waals surface area contributed by atoms with Gasteiger partial charge < -0.3 is 14.9 Å². The van der Waals surface area contributed by atoms with Gasteiger partial charge in [0.25, 0.3) is 0 Å². The van der Waals surface area contributed by atoms with Crippen molar-refractivity contribution >= 4 is 28.5 Å². The first-order valence-electron chi connectivity index (χ1n) is 8.29. The number of carbonyl (C=O) groups is 1. The van der Waals surface area contributed by atoms with Gasteiger partial charge in [0.05, 0.1) is 23.9 Å². The molecule has 0 unspecified atom stereocenters. The van der Waals surface area contributed by atoms with Crippen LogP contribution in [0, 0.1) is 0 Å². The van der Waals surface area contributed by atoms with Crippen molar-refractivity contribution in [3.8, 4) is 11.5 Å². The van der Waals surface area contributed by atoms with Crippen molar-refractivity contribution in [2.75, 3.05) is 7.11 Å². The molecule has 130 valence electrons. The van der Waals surface area contributed by atoms with Crippen LogP contribution in [0.5, 0.6) is 11.5 Å². The van der Waals surface area contributed by atoms with Gasteiger partial charge in [-0.15, -0.1) is 0 Å². The lowest BCUT2D eigenvalue weighted by molar-refractivity contribution is -0.270. The maximum absolute atomic E-state index is 12.0. The Hall–Kier alpha value is -3.34. The molecule has 5 nitrogen and oxygen atoms in total. The number of carboxylic acids is 1. The Morgan fingerprint density at radius 1 is 1.23 bits per heavy atom. The number of pyridine rings is 1. The highest BCUT2D eigenvalue weighted by atomic mass is 16.5. The van der Waals surface area contributed by atoms with E-state index in [1.807, 2.05) is 30.3 Å². The number of hydrogen-bond donors (Lipinski definition) is 1. The second-order valence-electron chi connectivity index (χ2n) is 6.22. The molecule has 0 bridgehead atoms. The fourth-order valence-corrected chi connectivity index (χ4v) is 3.51. The molecule has 26 heavy (non-hydrogen) atoms. The second kappa shape index (κ2) is 6.19. The lowest BCUT2D eigenvalue weighted by Gasteiger charge is -2.13. The molecule has 1 N–H and O–H groups in total. The number of allylic oxidation sites excluding steroid dienone is 1. The van der Waals surface area contributed by atoms with Crippen LogP contribution in [-0.2, 0) is 6.42 Å². The van der Waals surface area contributed by atoms with E-state index >= 15 is 0 Å². The first kappa shape index (κ1) is 16.1. The highest BCUT2D eigenvalue weighted by molar-refractivity contribution is 6.06. The van der Waals surface area contributed by atoms with Gasteiger partial charge in [-0.2, -0.15) is 0 Å². The van der Waals surface area contributed by atoms with Crippen LogP contribution in [0.15, 0.2) is 42.5 Å². The summed E-state index contributed by atoms with van der Waals surface area (Å²) in [4.78, 5) is 16.6. The third-order valence-corrected chi connectivity index (χ3v) is 4.68. The monoisotopic (exact) mass is 346 g/mol. The summed E-state index contributed by atoms with van der Waals surface area (Å²) >= 11 is 0. The highest BCUT2D eigenvalue weighted by Gasteiger charge is 2.26. The zero-order valence-corrected chi connectivity index (χ0v) is 14.2. The van der Waals surface area contributed by atoms with E-state index in [9.17, 15) is 15.0 Å². The van der Waals surface area contributed by atoms with E-state index in [4.69, 9.17) is 9.72 Å². The maximum atomic E-state index is 12.0. The average molecular weight is 346 g/mol. The molecule has 0 saturated carbocycles. The first-order chi connectivity index (χ1) is 12.6. The molecule has 2 aromatic carbocycles. The van der Waals surface area contributed by atoms with Crippen molar-refractivity contribution in [1.82, 2.24) is 4.98 Å². The summed E-state index contributed by atoms with van der Waals surface area (Å²) in [6, 6.07) is 12.2. The van der Waals surface area contributed by atoms with E-state index < -0.39 is 5.97 Å². The Morgan fingerprint density at radius 2 is 2.04 bits per heavy atom. The first-order valence-corrected chi connectivity index (χ1v) is 8.29. The normalized spacial score (nSPS) is 14.6. The molecule has 0 atom stereocenters. The predicted octanol–water partition coefficient (Wildman–Crippen LogP) is 3.50. The largest absolute Gasteiger partial charge is 0.870 e. The van der Waals surface area contributed by atoms with Crippen LogP contribution in [0.2, 0.25) is 0 Å². The molecular weight excluding hydrogens is 330 g/mol. The number of aromatic nitrogens is 1. The van der Waals surface area contributed by atoms with Crippen molar-refractivity contribution in [1.29, 1.82) is 0 Å². The SMILES string of the molecule is COc1ccc(/C=C2\CCc3c2nc2ccccc2c3C(=O)O)cc1[O-]. The minimum Gasteiger partial charge on any atom is -0.870 e. The number of rotatable bonds is 3. The van der Waals surface area contributed by atoms with Gasteiger partial charge in [0.1, 0.15) is 5.75 Å². The summed E-state index contributed by atoms with van der Waals surface area (Å²) in [7, 11) is 1.46. The lowest BCUT2D eigenvalue weighted by atomic mass is 10.0. The van der Waals surface area contributed by atoms with Crippen molar-refractivity contribution in [2.24, 2.45) is 0 Å². The zero-order chi connectivity index (χ0) is 18.3. The highest BCUT2D eigenvalue weighted by Crippen LogP contribution is 2.38. The molecule has 0 radical (unpaired) electrons. The summed E-state index contributed by atoms with van der Waals surface area (Å²) in [5.41, 5.74) is 4.16. The molecule has 3 aromatic rings. The van der Waals surface area contributed by atoms with Crippen LogP contribution in [0.25, 0.3) is 22.6 Å². The summed E-state index contributed by atoms with van der Waals surface area (Å²) in [5, 5.41) is 22.3. The minimum atomic E-state index is -0.938. The van der Waals surface area contributed by atoms with E-state index in [2.05, 4.69) is 0 Å². The van der Waals surface area contributed by atoms with Gasteiger partial charge in [-0.3, -0.25) is 0 Å². The summed E-state index contributed by atoms with van der Waals surface area (Å²) in [5.74, 6) is -0.818. The molecular formula is C21H16NO4-. The van der Waals surface area contributed by atoms with Crippen molar-refractivity contribution < 1.29 is 19.7 Å². The summed E-state index contributed by atoms with van der Waals surface area (Å²) in [6.45, 7) is 0. The van der Waals surface area contributed by atoms with Crippen LogP contribution >= 0.6 is 0 Å². The van der Waals surface area contributed by atoms with Gasteiger partial charge in [0, 0.05) is 5.39 Å². The van der Waals surface area contributed by atoms with E-state index in [1.165, 1.54) is 13.2 Å². The Bertz CT molecular complexity index is 1070. The molecule has 1 heterocycles. The molecule has 0 aliphatic heterocycles. The van der Waals surface area contributed by atoms with Crippen molar-refractivity contribution in [3.63, 3.8) is 0 Å². The summed E-state index contributed by atoms with van der Waals surface area (Å²) in [6.07, 6.45) is 3.22. The molecule has 1 aliphatic rings. The molecule has 4 rings (SSSR count). The average Bonchev–Trinajstić information content (AvgIpc) is 3.02. The Morgan fingerprint density at radius 3 is 2.77 bits per heavy atom. The van der Waals surface area contributed by atoms with Crippen LogP contribution < -0.4 is 9.84 Å². The summed E-state index contributed by atoms with van der Waals surface area (Å²) < 4.78 is 5.01. The maximum Gasteiger partial charge on any atom is 0.336 e. The fourth-order valence-electron chi connectivity index (χ4n) is 3.51. The van der Waals surface area contributed by atoms with E-state index in [1.54, 1.807) is 12.1 Å². The van der Waals surface area contributed by atoms with Crippen LogP contribution in [-0.4, -0.2) is 23.2 Å². The van der Waals surface area contributed by atoms with Gasteiger partial charge in [0.2, 0.25) is 0 Å². The number of nitrogens with zero attached hydrogens (tertiary/aromatic N) is 1. The number of carboxylic acid groups (broad SMARTS) is 1. The van der Waals surface area contributed by atoms with Gasteiger partial charge in [-0.1, -0.05) is 36.1 Å². The molecule has 0 saturated heterocycles. The molecule has 0 spiro atoms. The number of ether oxygens (including phenoxy) is 1. The fraction of sp³-hybridized carbons (Fsp3) is 0.143. The van der Waals surface area contributed by atoms with Gasteiger partial charge in [0.15, 0.2) is 0 Å². The number of benzene rings is 2. The topological polar surface area (TPSA) is 82.5 Å². The van der Waals surface area contributed by atoms with E-state index in [-0.39, 0.29) is 5.75 Å². The van der Waals surface area contributed by atoms with Gasteiger partial charge >= 0.3 is 5.97 Å². The zero-order valence-electron chi connectivity index (χ0n) is 14.2. The van der Waals surface area contributed by atoms with Crippen molar-refractivity contribution in [3.05, 3.63) is 64.8 Å². The van der Waals surface area contributed by atoms with Crippen LogP contribution in [0.3, 0.4) is 0 Å². The molecule has 1 aliphatic carbocycles. The number of para-hydroxylation sites is 1. The quantitative estimate of drug-likeness (QED) is 0.785. The van der Waals surface area contributed by atoms with Gasteiger partial charge in [-0.25, -0.2) is 9.78 Å². The Labute approximate surface area is 150 Å². The third-order valence-electron chi connectivity index (χ3n) is 4.68. The number of methoxy groups -OCH3 is 1. The van der Waals surface area contributed by atoms with Crippen LogP contribution in [0.4, 0.5) is 0 Å². The third kappa shape index (κ3) is 2.58. The Balaban J connectivity index is 1.88. The lowest BCUT2D eigenvalue weighted by Crippen LogP contribution is -2.05. The molecule has 5 heteroatoms. The molecule has 0 amide bonds. The Kier molecular flexibility index (Phi) is 3.84. The smallest absolute Gasteiger partial charge is 0.336 e. The van der Waals surface area contributed by atoms with E-state index in [0.29, 0.717) is 40.8 Å². The van der Waals surface area contributed by atoms with E-state index in [0.717, 1.165) is 16.7 Å². The van der Waals surface area contributed by atoms with Crippen LogP contribution in [0.1, 0.15) is 33.6 Å². The number of hydrogen-bond acceptors (Lipinski definition) is 4. The standard InChI is InChI=1S/C21H17NO4/c1-26-18-9-6-12(11-17(18)23)10-13-7-8-15-19(21(24)25)14-4-2-3-5-16(14)22-20(13)15/h2-6,9-11,23H,7-8H2,1H3,(H,24,25)/p-1/b13-10+. The molecule has 0 fully saturated rings. The molecule has 1 aromatic heterocycles.